The number of para-hydroxylation sites is 1. The van der Waals surface area contributed by atoms with Crippen molar-refractivity contribution in [2.75, 3.05) is 19.0 Å². The third kappa shape index (κ3) is 6.29. The predicted molar refractivity (Wildman–Crippen MR) is 158 cm³/mol. The van der Waals surface area contributed by atoms with Gasteiger partial charge in [-0.05, 0) is 66.9 Å². The van der Waals surface area contributed by atoms with E-state index in [1.807, 2.05) is 18.2 Å². The Morgan fingerprint density at radius 2 is 1.85 bits per heavy atom. The lowest BCUT2D eigenvalue weighted by Gasteiger charge is -2.22. The average molecular weight is 579 g/mol. The summed E-state index contributed by atoms with van der Waals surface area (Å²) in [5.41, 5.74) is 1.64. The van der Waals surface area contributed by atoms with Crippen LogP contribution < -0.4 is 20.3 Å². The van der Waals surface area contributed by atoms with Crippen LogP contribution in [0.4, 0.5) is 5.69 Å². The Morgan fingerprint density at radius 1 is 1.10 bits per heavy atom. The average Bonchev–Trinajstić information content (AvgIpc) is 2.97. The molecule has 0 spiro atoms. The molecule has 0 bridgehead atoms. The van der Waals surface area contributed by atoms with E-state index in [0.29, 0.717) is 38.8 Å². The van der Waals surface area contributed by atoms with Crippen LogP contribution >= 0.6 is 23.2 Å². The van der Waals surface area contributed by atoms with Gasteiger partial charge in [0.15, 0.2) is 18.1 Å². The molecule has 40 heavy (non-hydrogen) atoms. The van der Waals surface area contributed by atoms with Gasteiger partial charge in [0.25, 0.3) is 11.5 Å². The number of fused-ring (bicyclic) bond motifs is 1. The minimum Gasteiger partial charge on any atom is -0.493 e. The zero-order valence-corrected chi connectivity index (χ0v) is 23.4. The number of methoxy groups -OCH3 is 1. The van der Waals surface area contributed by atoms with Gasteiger partial charge in [0.2, 0.25) is 0 Å². The summed E-state index contributed by atoms with van der Waals surface area (Å²) in [6.07, 6.45) is 6.88. The van der Waals surface area contributed by atoms with E-state index in [0.717, 1.165) is 25.7 Å². The largest absolute Gasteiger partial charge is 0.493 e. The van der Waals surface area contributed by atoms with Crippen LogP contribution in [0.2, 0.25) is 10.0 Å². The molecule has 0 radical (unpaired) electrons. The van der Waals surface area contributed by atoms with Crippen molar-refractivity contribution in [1.82, 2.24) is 9.66 Å². The Labute approximate surface area is 241 Å². The van der Waals surface area contributed by atoms with Crippen LogP contribution in [-0.2, 0) is 4.79 Å². The summed E-state index contributed by atoms with van der Waals surface area (Å²) in [6.45, 7) is -0.283. The number of rotatable bonds is 8. The van der Waals surface area contributed by atoms with Crippen molar-refractivity contribution in [2.24, 2.45) is 5.10 Å². The monoisotopic (exact) mass is 578 g/mol. The summed E-state index contributed by atoms with van der Waals surface area (Å²) in [5.74, 6) is 1.01. The molecule has 1 saturated carbocycles. The first-order chi connectivity index (χ1) is 19.4. The highest BCUT2D eigenvalue weighted by Crippen LogP contribution is 2.36. The Hall–Kier alpha value is -3.88. The van der Waals surface area contributed by atoms with E-state index in [4.69, 9.17) is 37.7 Å². The summed E-state index contributed by atoms with van der Waals surface area (Å²) < 4.78 is 12.6. The summed E-state index contributed by atoms with van der Waals surface area (Å²) in [4.78, 5) is 30.7. The number of nitrogens with zero attached hydrogens (tertiary/aromatic N) is 3. The molecule has 1 N–H and O–H groups in total. The maximum atomic E-state index is 13.4. The van der Waals surface area contributed by atoms with Gasteiger partial charge in [-0.3, -0.25) is 9.59 Å². The molecule has 0 aliphatic heterocycles. The molecule has 1 aromatic heterocycles. The maximum absolute atomic E-state index is 13.4. The Balaban J connectivity index is 1.39. The van der Waals surface area contributed by atoms with Crippen LogP contribution in [0.15, 0.2) is 70.6 Å². The smallest absolute Gasteiger partial charge is 0.282 e. The van der Waals surface area contributed by atoms with E-state index < -0.39 is 0 Å². The molecule has 1 heterocycles. The normalized spacial score (nSPS) is 14.0. The van der Waals surface area contributed by atoms with Crippen molar-refractivity contribution in [1.29, 1.82) is 0 Å². The maximum Gasteiger partial charge on any atom is 0.282 e. The molecule has 0 atom stereocenters. The molecular formula is C30H28Cl2N4O4. The molecule has 8 nitrogen and oxygen atoms in total. The molecule has 5 rings (SSSR count). The standard InChI is InChI=1S/C30H28Cl2N4O4/c1-39-26-16-19(15-24(32)28(26)40-18-27(37)34-22-13-11-21(31)12-14-22)17-33-36-29(20-7-3-2-4-8-20)35-25-10-6-5-9-23(25)30(36)38/h5-6,9-17,20H,2-4,7-8,18H2,1H3,(H,34,37). The number of amides is 1. The van der Waals surface area contributed by atoms with E-state index in [1.165, 1.54) is 18.2 Å². The van der Waals surface area contributed by atoms with Crippen molar-refractivity contribution >= 4 is 51.9 Å². The quantitative estimate of drug-likeness (QED) is 0.236. The van der Waals surface area contributed by atoms with Crippen molar-refractivity contribution in [3.8, 4) is 11.5 Å². The fraction of sp³-hybridized carbons (Fsp3) is 0.267. The Bertz CT molecular complexity index is 1610. The summed E-state index contributed by atoms with van der Waals surface area (Å²) in [7, 11) is 1.48. The van der Waals surface area contributed by atoms with Crippen LogP contribution in [0.3, 0.4) is 0 Å². The van der Waals surface area contributed by atoms with Crippen LogP contribution in [0, 0.1) is 0 Å². The number of halogens is 2. The number of benzene rings is 3. The number of aromatic nitrogens is 2. The van der Waals surface area contributed by atoms with Gasteiger partial charge in [0.1, 0.15) is 5.82 Å². The molecule has 4 aromatic rings. The van der Waals surface area contributed by atoms with Gasteiger partial charge >= 0.3 is 0 Å². The van der Waals surface area contributed by atoms with E-state index in [9.17, 15) is 9.59 Å². The number of hydrogen-bond acceptors (Lipinski definition) is 6. The van der Waals surface area contributed by atoms with E-state index in [2.05, 4.69) is 10.4 Å². The molecular weight excluding hydrogens is 551 g/mol. The Kier molecular flexibility index (Phi) is 8.67. The summed E-state index contributed by atoms with van der Waals surface area (Å²) in [6, 6.07) is 17.4. The zero-order valence-electron chi connectivity index (χ0n) is 21.9. The molecule has 10 heteroatoms. The number of carbonyl (C=O) groups excluding carboxylic acids is 1. The molecule has 0 unspecified atom stereocenters. The molecule has 1 fully saturated rings. The van der Waals surface area contributed by atoms with Crippen molar-refractivity contribution in [2.45, 2.75) is 38.0 Å². The van der Waals surface area contributed by atoms with Crippen LogP contribution in [-0.4, -0.2) is 35.5 Å². The first-order valence-electron chi connectivity index (χ1n) is 13.0. The van der Waals surface area contributed by atoms with Gasteiger partial charge in [-0.25, -0.2) is 4.98 Å². The minimum atomic E-state index is -0.371. The van der Waals surface area contributed by atoms with Gasteiger partial charge in [0.05, 0.1) is 29.2 Å². The van der Waals surface area contributed by atoms with Gasteiger partial charge in [-0.15, -0.1) is 0 Å². The third-order valence-electron chi connectivity index (χ3n) is 6.80. The second kappa shape index (κ2) is 12.5. The van der Waals surface area contributed by atoms with Crippen molar-refractivity contribution < 1.29 is 14.3 Å². The lowest BCUT2D eigenvalue weighted by molar-refractivity contribution is -0.118. The highest BCUT2D eigenvalue weighted by molar-refractivity contribution is 6.32. The molecule has 1 amide bonds. The van der Waals surface area contributed by atoms with E-state index in [1.54, 1.807) is 48.7 Å². The predicted octanol–water partition coefficient (Wildman–Crippen LogP) is 6.66. The van der Waals surface area contributed by atoms with Gasteiger partial charge in [-0.2, -0.15) is 9.78 Å². The van der Waals surface area contributed by atoms with Crippen LogP contribution in [0.25, 0.3) is 10.9 Å². The highest BCUT2D eigenvalue weighted by Gasteiger charge is 2.22. The van der Waals surface area contributed by atoms with E-state index in [-0.39, 0.29) is 34.8 Å². The third-order valence-corrected chi connectivity index (χ3v) is 7.33. The van der Waals surface area contributed by atoms with Gasteiger partial charge < -0.3 is 14.8 Å². The van der Waals surface area contributed by atoms with Gasteiger partial charge in [-0.1, -0.05) is 54.6 Å². The zero-order chi connectivity index (χ0) is 28.1. The molecule has 206 valence electrons. The topological polar surface area (TPSA) is 94.8 Å². The number of carbonyl (C=O) groups is 1. The Morgan fingerprint density at radius 3 is 2.60 bits per heavy atom. The second-order valence-electron chi connectivity index (χ2n) is 9.56. The fourth-order valence-corrected chi connectivity index (χ4v) is 5.22. The lowest BCUT2D eigenvalue weighted by Crippen LogP contribution is -2.25. The van der Waals surface area contributed by atoms with Crippen LogP contribution in [0.1, 0.15) is 49.4 Å². The first-order valence-corrected chi connectivity index (χ1v) is 13.8. The summed E-state index contributed by atoms with van der Waals surface area (Å²) >= 11 is 12.4. The van der Waals surface area contributed by atoms with Crippen LogP contribution in [0.5, 0.6) is 11.5 Å². The van der Waals surface area contributed by atoms with E-state index >= 15 is 0 Å². The SMILES string of the molecule is COc1cc(C=Nn2c(C3CCCCC3)nc3ccccc3c2=O)cc(Cl)c1OCC(=O)Nc1ccc(Cl)cc1. The van der Waals surface area contributed by atoms with Crippen molar-refractivity contribution in [3.63, 3.8) is 0 Å². The highest BCUT2D eigenvalue weighted by atomic mass is 35.5. The molecule has 3 aromatic carbocycles. The summed E-state index contributed by atoms with van der Waals surface area (Å²) in [5, 5.41) is 8.61. The number of hydrogen-bond donors (Lipinski definition) is 1. The fourth-order valence-electron chi connectivity index (χ4n) is 4.82. The van der Waals surface area contributed by atoms with Gasteiger partial charge in [0, 0.05) is 16.6 Å². The second-order valence-corrected chi connectivity index (χ2v) is 10.4. The first kappa shape index (κ1) is 27.7. The molecule has 1 aliphatic carbocycles. The number of nitrogens with one attached hydrogen (secondary N) is 1. The lowest BCUT2D eigenvalue weighted by atomic mass is 9.88. The number of anilines is 1. The minimum absolute atomic E-state index is 0.163. The van der Waals surface area contributed by atoms with Crippen molar-refractivity contribution in [3.05, 3.63) is 92.5 Å². The number of ether oxygens (including phenoxy) is 2. The molecule has 1 aliphatic rings. The molecule has 0 saturated heterocycles.